The van der Waals surface area contributed by atoms with Crippen LogP contribution in [0.5, 0.6) is 5.75 Å². The van der Waals surface area contributed by atoms with E-state index in [0.717, 1.165) is 11.3 Å². The number of carboxylic acids is 1. The molecule has 98 valence electrons. The van der Waals surface area contributed by atoms with Gasteiger partial charge in [-0.1, -0.05) is 18.2 Å². The molecule has 0 aliphatic heterocycles. The van der Waals surface area contributed by atoms with Crippen LogP contribution < -0.4 is 4.74 Å². The van der Waals surface area contributed by atoms with E-state index < -0.39 is 5.97 Å². The van der Waals surface area contributed by atoms with Gasteiger partial charge in [-0.3, -0.25) is 14.8 Å². The Morgan fingerprint density at radius 1 is 1.26 bits per heavy atom. The second-order valence-corrected chi connectivity index (χ2v) is 3.99. The second kappa shape index (κ2) is 6.49. The molecule has 1 N–H and O–H groups in total. The number of para-hydroxylation sites is 1. The summed E-state index contributed by atoms with van der Waals surface area (Å²) in [6, 6.07) is 7.42. The number of ether oxygens (including phenoxy) is 1. The molecule has 1 heterocycles. The van der Waals surface area contributed by atoms with Crippen molar-refractivity contribution in [2.75, 3.05) is 0 Å². The molecule has 0 unspecified atom stereocenters. The predicted octanol–water partition coefficient (Wildman–Crippen LogP) is 2.07. The molecule has 2 aromatic rings. The van der Waals surface area contributed by atoms with E-state index in [1.807, 2.05) is 24.3 Å². The number of aryl methyl sites for hydroxylation is 1. The molecule has 0 aliphatic rings. The van der Waals surface area contributed by atoms with Crippen molar-refractivity contribution in [2.45, 2.75) is 19.4 Å². The second-order valence-electron chi connectivity index (χ2n) is 3.99. The first-order valence-corrected chi connectivity index (χ1v) is 5.93. The molecule has 0 radical (unpaired) electrons. The van der Waals surface area contributed by atoms with Crippen molar-refractivity contribution >= 4 is 5.97 Å². The normalized spacial score (nSPS) is 10.1. The molecule has 0 atom stereocenters. The third kappa shape index (κ3) is 4.06. The predicted molar refractivity (Wildman–Crippen MR) is 68.8 cm³/mol. The lowest BCUT2D eigenvalue weighted by Crippen LogP contribution is -2.03. The van der Waals surface area contributed by atoms with Gasteiger partial charge in [-0.25, -0.2) is 0 Å². The number of nitrogens with zero attached hydrogens (tertiary/aromatic N) is 2. The van der Waals surface area contributed by atoms with Gasteiger partial charge in [0, 0.05) is 18.8 Å². The number of aliphatic carboxylic acids is 1. The minimum Gasteiger partial charge on any atom is -0.487 e. The highest BCUT2D eigenvalue weighted by Gasteiger charge is 2.06. The maximum Gasteiger partial charge on any atom is 0.303 e. The quantitative estimate of drug-likeness (QED) is 0.858. The summed E-state index contributed by atoms with van der Waals surface area (Å²) >= 11 is 0. The van der Waals surface area contributed by atoms with Gasteiger partial charge in [0.05, 0.1) is 11.9 Å². The molecule has 0 fully saturated rings. The number of hydrogen-bond acceptors (Lipinski definition) is 4. The lowest BCUT2D eigenvalue weighted by Gasteiger charge is -2.10. The molecule has 1 aromatic carbocycles. The van der Waals surface area contributed by atoms with E-state index in [0.29, 0.717) is 18.8 Å². The molecular weight excluding hydrogens is 244 g/mol. The van der Waals surface area contributed by atoms with Gasteiger partial charge in [0.15, 0.2) is 0 Å². The molecule has 1 aromatic heterocycles. The molecule has 5 heteroatoms. The SMILES string of the molecule is O=C(O)CCc1ccccc1OCc1cnccn1. The fraction of sp³-hybridized carbons (Fsp3) is 0.214. The van der Waals surface area contributed by atoms with Crippen molar-refractivity contribution in [3.8, 4) is 5.75 Å². The highest BCUT2D eigenvalue weighted by molar-refractivity contribution is 5.67. The van der Waals surface area contributed by atoms with Crippen molar-refractivity contribution in [2.24, 2.45) is 0 Å². The Morgan fingerprint density at radius 2 is 2.11 bits per heavy atom. The molecule has 5 nitrogen and oxygen atoms in total. The van der Waals surface area contributed by atoms with E-state index in [1.165, 1.54) is 0 Å². The molecule has 0 saturated carbocycles. The van der Waals surface area contributed by atoms with Crippen molar-refractivity contribution in [1.29, 1.82) is 0 Å². The van der Waals surface area contributed by atoms with Crippen LogP contribution in [0.2, 0.25) is 0 Å². The van der Waals surface area contributed by atoms with Crippen LogP contribution in [0.15, 0.2) is 42.9 Å². The van der Waals surface area contributed by atoms with Crippen molar-refractivity contribution in [3.63, 3.8) is 0 Å². The van der Waals surface area contributed by atoms with Gasteiger partial charge < -0.3 is 9.84 Å². The number of hydrogen-bond donors (Lipinski definition) is 1. The van der Waals surface area contributed by atoms with Gasteiger partial charge in [0.1, 0.15) is 12.4 Å². The number of aromatic nitrogens is 2. The number of carboxylic acid groups (broad SMARTS) is 1. The van der Waals surface area contributed by atoms with Crippen LogP contribution in [0.1, 0.15) is 17.7 Å². The molecule has 0 saturated heterocycles. The fourth-order valence-electron chi connectivity index (χ4n) is 1.65. The van der Waals surface area contributed by atoms with Crippen LogP contribution in [0.25, 0.3) is 0 Å². The average molecular weight is 258 g/mol. The Balaban J connectivity index is 2.01. The Labute approximate surface area is 110 Å². The first-order valence-electron chi connectivity index (χ1n) is 5.93. The fourth-order valence-corrected chi connectivity index (χ4v) is 1.65. The molecule has 0 aliphatic carbocycles. The van der Waals surface area contributed by atoms with Gasteiger partial charge in [-0.05, 0) is 18.1 Å². The number of rotatable bonds is 6. The minimum atomic E-state index is -0.816. The van der Waals surface area contributed by atoms with E-state index in [9.17, 15) is 4.79 Å². The zero-order valence-corrected chi connectivity index (χ0v) is 10.3. The summed E-state index contributed by atoms with van der Waals surface area (Å²) in [6.45, 7) is 0.317. The van der Waals surface area contributed by atoms with Gasteiger partial charge in [0.2, 0.25) is 0 Å². The topological polar surface area (TPSA) is 72.3 Å². The summed E-state index contributed by atoms with van der Waals surface area (Å²) in [4.78, 5) is 18.7. The number of benzene rings is 1. The first-order chi connectivity index (χ1) is 9.25. The Bertz CT molecular complexity index is 543. The Morgan fingerprint density at radius 3 is 2.84 bits per heavy atom. The summed E-state index contributed by atoms with van der Waals surface area (Å²) < 4.78 is 5.66. The zero-order valence-electron chi connectivity index (χ0n) is 10.3. The van der Waals surface area contributed by atoms with Crippen molar-refractivity contribution in [3.05, 3.63) is 54.1 Å². The van der Waals surface area contributed by atoms with Crippen LogP contribution in [0.4, 0.5) is 0 Å². The van der Waals surface area contributed by atoms with Crippen molar-refractivity contribution < 1.29 is 14.6 Å². The van der Waals surface area contributed by atoms with Crippen LogP contribution in [-0.2, 0) is 17.8 Å². The van der Waals surface area contributed by atoms with Crippen LogP contribution in [0, 0.1) is 0 Å². The van der Waals surface area contributed by atoms with Crippen molar-refractivity contribution in [1.82, 2.24) is 9.97 Å². The molecule has 0 bridgehead atoms. The summed E-state index contributed by atoms with van der Waals surface area (Å²) in [5, 5.41) is 8.71. The summed E-state index contributed by atoms with van der Waals surface area (Å²) in [5.41, 5.74) is 1.62. The van der Waals surface area contributed by atoms with Crippen LogP contribution in [0.3, 0.4) is 0 Å². The summed E-state index contributed by atoms with van der Waals surface area (Å²) in [7, 11) is 0. The van der Waals surface area contributed by atoms with E-state index in [4.69, 9.17) is 9.84 Å². The third-order valence-electron chi connectivity index (χ3n) is 2.57. The Kier molecular flexibility index (Phi) is 4.44. The van der Waals surface area contributed by atoms with Crippen LogP contribution in [-0.4, -0.2) is 21.0 Å². The van der Waals surface area contributed by atoms with E-state index in [2.05, 4.69) is 9.97 Å². The van der Waals surface area contributed by atoms with E-state index in [-0.39, 0.29) is 6.42 Å². The highest BCUT2D eigenvalue weighted by Crippen LogP contribution is 2.20. The zero-order chi connectivity index (χ0) is 13.5. The maximum absolute atomic E-state index is 10.6. The molecular formula is C14H14N2O3. The van der Waals surface area contributed by atoms with Gasteiger partial charge in [-0.15, -0.1) is 0 Å². The molecule has 19 heavy (non-hydrogen) atoms. The third-order valence-corrected chi connectivity index (χ3v) is 2.57. The molecule has 0 amide bonds. The average Bonchev–Trinajstić information content (AvgIpc) is 2.45. The Hall–Kier alpha value is -2.43. The van der Waals surface area contributed by atoms with Gasteiger partial charge in [0.25, 0.3) is 0 Å². The van der Waals surface area contributed by atoms with Gasteiger partial charge in [-0.2, -0.15) is 0 Å². The minimum absolute atomic E-state index is 0.0888. The highest BCUT2D eigenvalue weighted by atomic mass is 16.5. The van der Waals surface area contributed by atoms with E-state index >= 15 is 0 Å². The van der Waals surface area contributed by atoms with Crippen LogP contribution >= 0.6 is 0 Å². The smallest absolute Gasteiger partial charge is 0.303 e. The standard InChI is InChI=1S/C14H14N2O3/c17-14(18)6-5-11-3-1-2-4-13(11)19-10-12-9-15-7-8-16-12/h1-4,7-9H,5-6,10H2,(H,17,18). The largest absolute Gasteiger partial charge is 0.487 e. The summed E-state index contributed by atoms with van der Waals surface area (Å²) in [5.74, 6) is -0.127. The lowest BCUT2D eigenvalue weighted by atomic mass is 10.1. The molecule has 2 rings (SSSR count). The first kappa shape index (κ1) is 13.0. The lowest BCUT2D eigenvalue weighted by molar-refractivity contribution is -0.136. The maximum atomic E-state index is 10.6. The monoisotopic (exact) mass is 258 g/mol. The van der Waals surface area contributed by atoms with E-state index in [1.54, 1.807) is 18.6 Å². The van der Waals surface area contributed by atoms with Gasteiger partial charge >= 0.3 is 5.97 Å². The number of carbonyl (C=O) groups is 1. The molecule has 0 spiro atoms. The summed E-state index contributed by atoms with van der Waals surface area (Å²) in [6.07, 6.45) is 5.39.